The summed E-state index contributed by atoms with van der Waals surface area (Å²) in [5.74, 6) is 0.892. The molecule has 150 valence electrons. The van der Waals surface area contributed by atoms with Gasteiger partial charge in [-0.3, -0.25) is 9.59 Å². The number of para-hydroxylation sites is 2. The van der Waals surface area contributed by atoms with E-state index in [1.165, 1.54) is 4.31 Å². The number of nitrogens with zero attached hydrogens (tertiary/aromatic N) is 2. The normalized spacial score (nSPS) is 20.2. The van der Waals surface area contributed by atoms with E-state index in [4.69, 9.17) is 9.47 Å². The molecule has 0 aliphatic carbocycles. The minimum Gasteiger partial charge on any atom is -0.485 e. The number of thiazole rings is 1. The summed E-state index contributed by atoms with van der Waals surface area (Å²) in [6.45, 7) is 2.48. The van der Waals surface area contributed by atoms with Gasteiger partial charge in [-0.2, -0.15) is 4.31 Å². The molecule has 0 saturated carbocycles. The van der Waals surface area contributed by atoms with Crippen LogP contribution in [0.2, 0.25) is 0 Å². The molecule has 0 radical (unpaired) electrons. The first kappa shape index (κ1) is 19.0. The van der Waals surface area contributed by atoms with E-state index >= 15 is 0 Å². The molecule has 2 aliphatic rings. The number of ether oxygens (including phenoxy) is 2. The molecule has 1 N–H and O–H groups in total. The molecule has 11 heteroatoms. The van der Waals surface area contributed by atoms with Crippen molar-refractivity contribution in [1.82, 2.24) is 14.2 Å². The summed E-state index contributed by atoms with van der Waals surface area (Å²) in [7, 11) is -3.76. The van der Waals surface area contributed by atoms with Gasteiger partial charge in [0.1, 0.15) is 6.61 Å². The third-order valence-corrected chi connectivity index (χ3v) is 8.17. The summed E-state index contributed by atoms with van der Waals surface area (Å²) in [6.07, 6.45) is -0.754. The second kappa shape index (κ2) is 7.22. The van der Waals surface area contributed by atoms with E-state index in [2.05, 4.69) is 4.98 Å². The van der Waals surface area contributed by atoms with Gasteiger partial charge in [0.05, 0.1) is 0 Å². The Morgan fingerprint density at radius 1 is 1.18 bits per heavy atom. The fourth-order valence-corrected chi connectivity index (χ4v) is 6.11. The lowest BCUT2D eigenvalue weighted by molar-refractivity contribution is -0.142. The second-order valence-corrected chi connectivity index (χ2v) is 9.64. The van der Waals surface area contributed by atoms with Crippen molar-refractivity contribution in [1.29, 1.82) is 0 Å². The number of H-pyrrole nitrogens is 1. The minimum atomic E-state index is -3.76. The highest BCUT2D eigenvalue weighted by atomic mass is 32.2. The van der Waals surface area contributed by atoms with E-state index in [1.807, 2.05) is 6.07 Å². The molecule has 1 atom stereocenters. The summed E-state index contributed by atoms with van der Waals surface area (Å²) >= 11 is 0.680. The third kappa shape index (κ3) is 3.40. The van der Waals surface area contributed by atoms with Gasteiger partial charge >= 0.3 is 4.87 Å². The maximum Gasteiger partial charge on any atom is 0.305 e. The summed E-state index contributed by atoms with van der Waals surface area (Å²) in [5, 5.41) is 0. The molecule has 1 fully saturated rings. The van der Waals surface area contributed by atoms with Crippen molar-refractivity contribution in [3.8, 4) is 11.5 Å². The minimum absolute atomic E-state index is 0.0258. The lowest BCUT2D eigenvalue weighted by atomic mass is 10.2. The average Bonchev–Trinajstić information content (AvgIpc) is 3.06. The van der Waals surface area contributed by atoms with E-state index in [0.717, 1.165) is 0 Å². The maximum absolute atomic E-state index is 12.8. The summed E-state index contributed by atoms with van der Waals surface area (Å²) < 4.78 is 38.2. The van der Waals surface area contributed by atoms with Crippen molar-refractivity contribution in [3.05, 3.63) is 39.6 Å². The molecule has 2 aromatic rings. The van der Waals surface area contributed by atoms with Crippen molar-refractivity contribution in [2.24, 2.45) is 0 Å². The van der Waals surface area contributed by atoms with Crippen LogP contribution < -0.4 is 14.3 Å². The summed E-state index contributed by atoms with van der Waals surface area (Å²) in [5.41, 5.74) is 0.333. The molecule has 0 bridgehead atoms. The zero-order chi connectivity index (χ0) is 19.9. The highest BCUT2D eigenvalue weighted by Crippen LogP contribution is 2.31. The number of aromatic amines is 1. The molecule has 1 amide bonds. The van der Waals surface area contributed by atoms with E-state index in [0.29, 0.717) is 28.5 Å². The zero-order valence-corrected chi connectivity index (χ0v) is 16.7. The Bertz CT molecular complexity index is 1050. The number of carbonyl (C=O) groups is 1. The molecule has 1 unspecified atom stereocenters. The van der Waals surface area contributed by atoms with Crippen LogP contribution in [-0.2, 0) is 14.8 Å². The van der Waals surface area contributed by atoms with Crippen LogP contribution in [0.25, 0.3) is 0 Å². The van der Waals surface area contributed by atoms with Crippen LogP contribution in [0.15, 0.2) is 33.3 Å². The molecule has 28 heavy (non-hydrogen) atoms. The van der Waals surface area contributed by atoms with Gasteiger partial charge in [0.15, 0.2) is 15.7 Å². The van der Waals surface area contributed by atoms with Crippen LogP contribution in [-0.4, -0.2) is 67.4 Å². The fourth-order valence-electron chi connectivity index (χ4n) is 3.25. The number of hydrogen-bond donors (Lipinski definition) is 1. The van der Waals surface area contributed by atoms with Gasteiger partial charge in [0.25, 0.3) is 15.9 Å². The van der Waals surface area contributed by atoms with Crippen LogP contribution >= 0.6 is 11.3 Å². The Morgan fingerprint density at radius 3 is 2.50 bits per heavy atom. The number of aromatic nitrogens is 1. The number of amides is 1. The van der Waals surface area contributed by atoms with E-state index in [-0.39, 0.29) is 42.9 Å². The van der Waals surface area contributed by atoms with E-state index < -0.39 is 21.0 Å². The molecule has 1 saturated heterocycles. The molecule has 2 aliphatic heterocycles. The first-order valence-electron chi connectivity index (χ1n) is 8.73. The van der Waals surface area contributed by atoms with Crippen molar-refractivity contribution >= 4 is 27.3 Å². The number of hydrogen-bond acceptors (Lipinski definition) is 7. The Balaban J connectivity index is 1.41. The van der Waals surface area contributed by atoms with Crippen molar-refractivity contribution in [2.45, 2.75) is 17.2 Å². The second-order valence-electron chi connectivity index (χ2n) is 6.52. The number of benzene rings is 1. The van der Waals surface area contributed by atoms with Crippen molar-refractivity contribution in [2.75, 3.05) is 32.8 Å². The fraction of sp³-hybridized carbons (Fsp3) is 0.412. The number of rotatable bonds is 3. The van der Waals surface area contributed by atoms with E-state index in [1.54, 1.807) is 30.0 Å². The van der Waals surface area contributed by atoms with Crippen LogP contribution in [0.4, 0.5) is 0 Å². The Kier molecular flexibility index (Phi) is 4.89. The Labute approximate surface area is 165 Å². The molecule has 4 rings (SSSR count). The molecule has 1 aromatic heterocycles. The smallest absolute Gasteiger partial charge is 0.305 e. The van der Waals surface area contributed by atoms with Crippen molar-refractivity contribution < 1.29 is 22.7 Å². The Morgan fingerprint density at radius 2 is 1.86 bits per heavy atom. The van der Waals surface area contributed by atoms with Gasteiger partial charge in [-0.1, -0.05) is 23.5 Å². The van der Waals surface area contributed by atoms with Gasteiger partial charge in [-0.15, -0.1) is 0 Å². The van der Waals surface area contributed by atoms with Crippen molar-refractivity contribution in [3.63, 3.8) is 0 Å². The van der Waals surface area contributed by atoms with Crippen LogP contribution in [0.3, 0.4) is 0 Å². The first-order chi connectivity index (χ1) is 13.4. The highest BCUT2D eigenvalue weighted by molar-refractivity contribution is 7.91. The van der Waals surface area contributed by atoms with Gasteiger partial charge < -0.3 is 19.4 Å². The Hall–Kier alpha value is -2.37. The number of nitrogens with one attached hydrogen (secondary N) is 1. The van der Waals surface area contributed by atoms with Gasteiger partial charge in [0, 0.05) is 31.9 Å². The van der Waals surface area contributed by atoms with Crippen LogP contribution in [0.5, 0.6) is 11.5 Å². The predicted octanol–water partition coefficient (Wildman–Crippen LogP) is 0.418. The van der Waals surface area contributed by atoms with Crippen LogP contribution in [0, 0.1) is 6.92 Å². The molecule has 1 aromatic carbocycles. The predicted molar refractivity (Wildman–Crippen MR) is 101 cm³/mol. The topological polar surface area (TPSA) is 109 Å². The molecular formula is C17H19N3O6S2. The number of fused-ring (bicyclic) bond motifs is 1. The lowest BCUT2D eigenvalue weighted by Gasteiger charge is -2.36. The summed E-state index contributed by atoms with van der Waals surface area (Å²) in [4.78, 5) is 27.9. The number of carbonyl (C=O) groups excluding carboxylic acids is 1. The lowest BCUT2D eigenvalue weighted by Crippen LogP contribution is -2.55. The SMILES string of the molecule is Cc1[nH]c(=O)sc1S(=O)(=O)N1CCN(C(=O)C2COc3ccccc3O2)CC1. The average molecular weight is 425 g/mol. The monoisotopic (exact) mass is 425 g/mol. The third-order valence-electron chi connectivity index (χ3n) is 4.69. The zero-order valence-electron chi connectivity index (χ0n) is 15.1. The largest absolute Gasteiger partial charge is 0.485 e. The molecule has 9 nitrogen and oxygen atoms in total. The maximum atomic E-state index is 12.8. The van der Waals surface area contributed by atoms with Gasteiger partial charge in [-0.05, 0) is 19.1 Å². The number of aryl methyl sites for hydroxylation is 1. The van der Waals surface area contributed by atoms with Gasteiger partial charge in [-0.25, -0.2) is 8.42 Å². The van der Waals surface area contributed by atoms with Gasteiger partial charge in [0.2, 0.25) is 6.10 Å². The molecular weight excluding hydrogens is 406 g/mol. The highest BCUT2D eigenvalue weighted by Gasteiger charge is 2.36. The van der Waals surface area contributed by atoms with E-state index in [9.17, 15) is 18.0 Å². The number of piperazine rings is 1. The first-order valence-corrected chi connectivity index (χ1v) is 11.0. The molecule has 3 heterocycles. The number of sulfonamides is 1. The quantitative estimate of drug-likeness (QED) is 0.763. The summed E-state index contributed by atoms with van der Waals surface area (Å²) in [6, 6.07) is 7.14. The van der Waals surface area contributed by atoms with Crippen LogP contribution in [0.1, 0.15) is 5.69 Å². The molecule has 0 spiro atoms. The standard InChI is InChI=1S/C17H19N3O6S2/c1-11-16(27-17(22)18-11)28(23,24)20-8-6-19(7-9-20)15(21)14-10-25-12-4-2-3-5-13(12)26-14/h2-5,14H,6-10H2,1H3,(H,18,22).